The number of rotatable bonds is 6. The van der Waals surface area contributed by atoms with Gasteiger partial charge in [-0.3, -0.25) is 9.59 Å². The molecule has 1 amide bonds. The number of allylic oxidation sites excluding steroid dienone is 2. The summed E-state index contributed by atoms with van der Waals surface area (Å²) in [5.74, 6) is -0.553. The molecule has 0 saturated carbocycles. The normalized spacial score (nSPS) is 16.5. The lowest BCUT2D eigenvalue weighted by Gasteiger charge is -2.14. The predicted octanol–water partition coefficient (Wildman–Crippen LogP) is 5.28. The van der Waals surface area contributed by atoms with Gasteiger partial charge in [-0.25, -0.2) is 0 Å². The van der Waals surface area contributed by atoms with Crippen LogP contribution in [-0.2, 0) is 27.0 Å². The fourth-order valence-corrected chi connectivity index (χ4v) is 4.30. The summed E-state index contributed by atoms with van der Waals surface area (Å²) in [4.78, 5) is 25.7. The van der Waals surface area contributed by atoms with Crippen molar-refractivity contribution in [3.63, 3.8) is 0 Å². The molecule has 1 aliphatic rings. The highest BCUT2D eigenvalue weighted by Crippen LogP contribution is 2.39. The number of alkyl halides is 3. The number of hydrogen-bond acceptors (Lipinski definition) is 3. The van der Waals surface area contributed by atoms with Crippen molar-refractivity contribution in [1.82, 2.24) is 5.32 Å². The smallest absolute Gasteiger partial charge is 0.416 e. The van der Waals surface area contributed by atoms with Crippen LogP contribution in [-0.4, -0.2) is 18.8 Å². The molecular weight excluding hydrogens is 419 g/mol. The molecule has 7 heteroatoms. The largest absolute Gasteiger partial charge is 0.500 e. The average Bonchev–Trinajstić information content (AvgIpc) is 3.01. The first kappa shape index (κ1) is 23.6. The summed E-state index contributed by atoms with van der Waals surface area (Å²) in [6.07, 6.45) is -4.19. The number of ether oxygens (including phenoxy) is 1. The molecule has 170 valence electrons. The molecule has 0 saturated heterocycles. The summed E-state index contributed by atoms with van der Waals surface area (Å²) in [7, 11) is 1.51. The third-order valence-electron chi connectivity index (χ3n) is 5.68. The summed E-state index contributed by atoms with van der Waals surface area (Å²) < 4.78 is 44.1. The third kappa shape index (κ3) is 5.03. The maximum atomic E-state index is 13.2. The second kappa shape index (κ2) is 9.18. The number of aryl methyl sites for hydroxylation is 3. The molecule has 32 heavy (non-hydrogen) atoms. The minimum Gasteiger partial charge on any atom is -0.500 e. The van der Waals surface area contributed by atoms with Gasteiger partial charge in [-0.2, -0.15) is 13.2 Å². The van der Waals surface area contributed by atoms with E-state index in [1.807, 2.05) is 32.9 Å². The van der Waals surface area contributed by atoms with Crippen molar-refractivity contribution < 1.29 is 27.5 Å². The summed E-state index contributed by atoms with van der Waals surface area (Å²) in [5.41, 5.74) is 3.96. The van der Waals surface area contributed by atoms with E-state index < -0.39 is 23.6 Å². The molecule has 2 aromatic rings. The Morgan fingerprint density at radius 3 is 2.38 bits per heavy atom. The quantitative estimate of drug-likeness (QED) is 0.658. The second-order valence-electron chi connectivity index (χ2n) is 8.22. The summed E-state index contributed by atoms with van der Waals surface area (Å²) in [6, 6.07) is 8.82. The summed E-state index contributed by atoms with van der Waals surface area (Å²) >= 11 is 0. The van der Waals surface area contributed by atoms with Crippen molar-refractivity contribution in [3.8, 4) is 0 Å². The van der Waals surface area contributed by atoms with Crippen molar-refractivity contribution in [3.05, 3.63) is 75.5 Å². The van der Waals surface area contributed by atoms with Gasteiger partial charge in [0.1, 0.15) is 5.76 Å². The number of Topliss-reactive ketones (excluding diaryl/α,β-unsaturated/α-hetero) is 1. The van der Waals surface area contributed by atoms with Crippen LogP contribution in [0, 0.1) is 26.7 Å². The molecule has 1 aliphatic carbocycles. The fourth-order valence-electron chi connectivity index (χ4n) is 4.30. The zero-order valence-corrected chi connectivity index (χ0v) is 18.5. The van der Waals surface area contributed by atoms with Crippen LogP contribution in [0.4, 0.5) is 13.2 Å². The Balaban J connectivity index is 1.70. The van der Waals surface area contributed by atoms with Gasteiger partial charge in [0.25, 0.3) is 0 Å². The van der Waals surface area contributed by atoms with Crippen LogP contribution < -0.4 is 5.32 Å². The number of methoxy groups -OCH3 is 1. The van der Waals surface area contributed by atoms with Crippen molar-refractivity contribution >= 4 is 17.3 Å². The Hall–Kier alpha value is -3.09. The third-order valence-corrected chi connectivity index (χ3v) is 5.68. The van der Waals surface area contributed by atoms with Crippen molar-refractivity contribution in [2.24, 2.45) is 5.92 Å². The highest BCUT2D eigenvalue weighted by Gasteiger charge is 2.37. The first-order valence-electron chi connectivity index (χ1n) is 10.3. The molecule has 0 bridgehead atoms. The number of halogens is 3. The summed E-state index contributed by atoms with van der Waals surface area (Å²) in [5, 5.41) is 2.62. The van der Waals surface area contributed by atoms with Crippen LogP contribution >= 0.6 is 0 Å². The second-order valence-corrected chi connectivity index (χ2v) is 8.22. The van der Waals surface area contributed by atoms with Crippen LogP contribution in [0.3, 0.4) is 0 Å². The molecule has 0 radical (unpaired) electrons. The number of nitrogens with one attached hydrogen (secondary N) is 1. The van der Waals surface area contributed by atoms with Crippen molar-refractivity contribution in [2.75, 3.05) is 7.11 Å². The van der Waals surface area contributed by atoms with E-state index in [1.54, 1.807) is 0 Å². The lowest BCUT2D eigenvalue weighted by molar-refractivity contribution is -0.137. The molecule has 4 nitrogen and oxygen atoms in total. The fraction of sp³-hybridized carbons (Fsp3) is 0.360. The molecule has 1 unspecified atom stereocenters. The van der Waals surface area contributed by atoms with Crippen LogP contribution in [0.2, 0.25) is 0 Å². The Morgan fingerprint density at radius 2 is 1.78 bits per heavy atom. The standard InChI is InChI=1S/C25H26F3NO3/c1-14-8-15(2)22(16(3)9-14)23-20(32-4)11-18(24(23)31)12-21(30)29-13-17-6-5-7-19(10-17)25(26,27)28/h5-10,18H,11-13H2,1-4H3,(H,29,30). The van der Waals surface area contributed by atoms with Gasteiger partial charge in [0.05, 0.1) is 18.2 Å². The Kier molecular flexibility index (Phi) is 6.77. The van der Waals surface area contributed by atoms with Gasteiger partial charge in [0.2, 0.25) is 5.91 Å². The lowest BCUT2D eigenvalue weighted by Crippen LogP contribution is -2.27. The number of carbonyl (C=O) groups is 2. The van der Waals surface area contributed by atoms with Gasteiger partial charge >= 0.3 is 6.18 Å². The van der Waals surface area contributed by atoms with E-state index in [0.29, 0.717) is 23.3 Å². The number of ketones is 1. The van der Waals surface area contributed by atoms with Gasteiger partial charge in [-0.15, -0.1) is 0 Å². The van der Waals surface area contributed by atoms with Crippen molar-refractivity contribution in [1.29, 1.82) is 0 Å². The maximum absolute atomic E-state index is 13.2. The van der Waals surface area contributed by atoms with E-state index in [4.69, 9.17) is 4.74 Å². The van der Waals surface area contributed by atoms with Crippen LogP contribution in [0.15, 0.2) is 42.2 Å². The van der Waals surface area contributed by atoms with Crippen LogP contribution in [0.5, 0.6) is 0 Å². The van der Waals surface area contributed by atoms with Gasteiger partial charge in [0.15, 0.2) is 5.78 Å². The number of carbonyl (C=O) groups excluding carboxylic acids is 2. The molecule has 0 aromatic heterocycles. The van der Waals surface area contributed by atoms with E-state index in [9.17, 15) is 22.8 Å². The average molecular weight is 445 g/mol. The number of benzene rings is 2. The lowest BCUT2D eigenvalue weighted by atomic mass is 9.90. The van der Waals surface area contributed by atoms with Crippen LogP contribution in [0.25, 0.3) is 5.57 Å². The maximum Gasteiger partial charge on any atom is 0.416 e. The molecule has 1 N–H and O–H groups in total. The van der Waals surface area contributed by atoms with Gasteiger partial charge in [-0.05, 0) is 55.2 Å². The van der Waals surface area contributed by atoms with Crippen molar-refractivity contribution in [2.45, 2.75) is 46.3 Å². The molecule has 0 heterocycles. The number of hydrogen-bond donors (Lipinski definition) is 1. The Morgan fingerprint density at radius 1 is 1.12 bits per heavy atom. The predicted molar refractivity (Wildman–Crippen MR) is 116 cm³/mol. The molecule has 0 fully saturated rings. The zero-order valence-electron chi connectivity index (χ0n) is 18.5. The van der Waals surface area contributed by atoms with Gasteiger partial charge in [0, 0.05) is 25.3 Å². The number of amides is 1. The summed E-state index contributed by atoms with van der Waals surface area (Å²) in [6.45, 7) is 5.83. The molecular formula is C25H26F3NO3. The first-order chi connectivity index (χ1) is 15.0. The van der Waals surface area contributed by atoms with E-state index in [-0.39, 0.29) is 18.7 Å². The monoisotopic (exact) mass is 445 g/mol. The van der Waals surface area contributed by atoms with Gasteiger partial charge in [-0.1, -0.05) is 29.8 Å². The topological polar surface area (TPSA) is 55.4 Å². The molecule has 1 atom stereocenters. The van der Waals surface area contributed by atoms with Gasteiger partial charge < -0.3 is 10.1 Å². The molecule has 0 spiro atoms. The SMILES string of the molecule is COC1=C(c2c(C)cc(C)cc2C)C(=O)C(CC(=O)NCc2cccc(C(F)(F)F)c2)C1. The van der Waals surface area contributed by atoms with Crippen LogP contribution in [0.1, 0.15) is 46.2 Å². The highest BCUT2D eigenvalue weighted by molar-refractivity contribution is 6.25. The Bertz CT molecular complexity index is 1060. The Labute approximate surface area is 185 Å². The first-order valence-corrected chi connectivity index (χ1v) is 10.3. The minimum atomic E-state index is -4.44. The molecule has 3 rings (SSSR count). The zero-order chi connectivity index (χ0) is 23.6. The molecule has 0 aliphatic heterocycles. The van der Waals surface area contributed by atoms with E-state index >= 15 is 0 Å². The minimum absolute atomic E-state index is 0.0444. The highest BCUT2D eigenvalue weighted by atomic mass is 19.4. The molecule has 2 aromatic carbocycles. The van der Waals surface area contributed by atoms with E-state index in [2.05, 4.69) is 5.32 Å². The van der Waals surface area contributed by atoms with E-state index in [1.165, 1.54) is 19.2 Å². The van der Waals surface area contributed by atoms with E-state index in [0.717, 1.165) is 34.4 Å².